The highest BCUT2D eigenvalue weighted by atomic mass is 16.5. The van der Waals surface area contributed by atoms with Gasteiger partial charge in [0.05, 0.1) is 18.8 Å². The Morgan fingerprint density at radius 1 is 1.19 bits per heavy atom. The van der Waals surface area contributed by atoms with Gasteiger partial charge < -0.3 is 19.3 Å². The second-order valence-corrected chi connectivity index (χ2v) is 8.53. The maximum Gasteiger partial charge on any atom is 0.292 e. The van der Waals surface area contributed by atoms with E-state index < -0.39 is 0 Å². The van der Waals surface area contributed by atoms with Crippen LogP contribution in [0.15, 0.2) is 40.9 Å². The van der Waals surface area contributed by atoms with Gasteiger partial charge in [-0.25, -0.2) is 0 Å². The fraction of sp³-hybridized carbons (Fsp3) is 0.429. The Kier molecular flexibility index (Phi) is 11.1. The summed E-state index contributed by atoms with van der Waals surface area (Å²) in [6.07, 6.45) is 2.05. The Hall–Kier alpha value is -3.70. The Balaban J connectivity index is 0.000000694. The van der Waals surface area contributed by atoms with E-state index in [0.29, 0.717) is 47.1 Å². The van der Waals surface area contributed by atoms with Crippen molar-refractivity contribution in [3.8, 4) is 34.7 Å². The minimum Gasteiger partial charge on any atom is -0.490 e. The quantitative estimate of drug-likeness (QED) is 0.408. The van der Waals surface area contributed by atoms with Crippen LogP contribution in [0.2, 0.25) is 0 Å². The molecule has 0 saturated heterocycles. The van der Waals surface area contributed by atoms with E-state index in [-0.39, 0.29) is 6.10 Å². The van der Waals surface area contributed by atoms with E-state index in [1.807, 2.05) is 39.8 Å². The van der Waals surface area contributed by atoms with Crippen LogP contribution < -0.4 is 10.1 Å². The number of carbonyl (C=O) groups is 1. The van der Waals surface area contributed by atoms with E-state index in [2.05, 4.69) is 52.2 Å². The van der Waals surface area contributed by atoms with Crippen molar-refractivity contribution in [3.63, 3.8) is 0 Å². The molecular formula is C28H36N4O4. The average molecular weight is 493 g/mol. The minimum atomic E-state index is -0.00727. The molecule has 1 aliphatic carbocycles. The van der Waals surface area contributed by atoms with Crippen LogP contribution in [0.5, 0.6) is 5.75 Å². The summed E-state index contributed by atoms with van der Waals surface area (Å²) in [5, 5.41) is 17.3. The summed E-state index contributed by atoms with van der Waals surface area (Å²) in [6, 6.07) is 14.6. The van der Waals surface area contributed by atoms with Crippen LogP contribution in [-0.2, 0) is 16.0 Å². The lowest BCUT2D eigenvalue weighted by Crippen LogP contribution is -2.26. The fourth-order valence-corrected chi connectivity index (χ4v) is 4.00. The summed E-state index contributed by atoms with van der Waals surface area (Å²) in [7, 11) is 1.31. The first-order valence-electron chi connectivity index (χ1n) is 12.3. The van der Waals surface area contributed by atoms with Gasteiger partial charge in [-0.3, -0.25) is 4.79 Å². The molecule has 4 rings (SSSR count). The zero-order valence-corrected chi connectivity index (χ0v) is 22.2. The molecule has 0 bridgehead atoms. The third kappa shape index (κ3) is 7.15. The monoisotopic (exact) mass is 492 g/mol. The van der Waals surface area contributed by atoms with Crippen LogP contribution in [0.3, 0.4) is 0 Å². The number of ether oxygens (including phenoxy) is 2. The zero-order chi connectivity index (χ0) is 26.7. The van der Waals surface area contributed by atoms with Crippen molar-refractivity contribution in [1.29, 1.82) is 5.26 Å². The predicted octanol–water partition coefficient (Wildman–Crippen LogP) is 5.86. The molecule has 0 spiro atoms. The van der Waals surface area contributed by atoms with Gasteiger partial charge in [-0.1, -0.05) is 51.1 Å². The molecule has 1 atom stereocenters. The second kappa shape index (κ2) is 14.0. The third-order valence-electron chi connectivity index (χ3n) is 5.28. The molecule has 1 unspecified atom stereocenters. The van der Waals surface area contributed by atoms with Crippen molar-refractivity contribution in [2.45, 2.75) is 72.6 Å². The van der Waals surface area contributed by atoms with Crippen LogP contribution in [0.25, 0.3) is 22.8 Å². The van der Waals surface area contributed by atoms with Gasteiger partial charge in [-0.2, -0.15) is 10.2 Å². The summed E-state index contributed by atoms with van der Waals surface area (Å²) in [6.45, 7) is 12.6. The zero-order valence-electron chi connectivity index (χ0n) is 22.2. The van der Waals surface area contributed by atoms with Crippen molar-refractivity contribution < 1.29 is 18.8 Å². The molecule has 36 heavy (non-hydrogen) atoms. The van der Waals surface area contributed by atoms with E-state index in [1.165, 1.54) is 18.2 Å². The van der Waals surface area contributed by atoms with E-state index in [0.717, 1.165) is 18.4 Å². The molecule has 0 fully saturated rings. The normalized spacial score (nSPS) is 13.6. The lowest BCUT2D eigenvalue weighted by atomic mass is 10.0. The Labute approximate surface area is 213 Å². The highest BCUT2D eigenvalue weighted by Crippen LogP contribution is 2.37. The first kappa shape index (κ1) is 28.5. The SMILES string of the molecule is CC.CC(C)NC1CCc2c(-c3noc(-c4ccc(OC(C)C)c(C#N)c4)n3)cccc21.COC=O. The standard InChI is InChI=1S/C24H26N4O2.C2H4O2.C2H6/c1-14(2)26-21-10-9-18-19(21)6-5-7-20(18)23-27-24(30-28-23)16-8-11-22(29-15(3)4)17(12-16)13-25;1-4-2-3;1-2/h5-8,11-12,14-15,21,26H,9-10H2,1-4H3;2H,1H3;1-2H3. The van der Waals surface area contributed by atoms with E-state index in [4.69, 9.17) is 14.1 Å². The van der Waals surface area contributed by atoms with Crippen molar-refractivity contribution >= 4 is 6.47 Å². The van der Waals surface area contributed by atoms with Gasteiger partial charge in [0.15, 0.2) is 0 Å². The van der Waals surface area contributed by atoms with Gasteiger partial charge in [0, 0.05) is 23.2 Å². The molecule has 1 aliphatic rings. The van der Waals surface area contributed by atoms with Gasteiger partial charge in [0.2, 0.25) is 5.82 Å². The first-order valence-corrected chi connectivity index (χ1v) is 12.3. The van der Waals surface area contributed by atoms with E-state index >= 15 is 0 Å². The van der Waals surface area contributed by atoms with Crippen LogP contribution in [0.4, 0.5) is 0 Å². The summed E-state index contributed by atoms with van der Waals surface area (Å²) >= 11 is 0. The third-order valence-corrected chi connectivity index (χ3v) is 5.28. The molecule has 3 aromatic rings. The number of benzene rings is 2. The van der Waals surface area contributed by atoms with Crippen molar-refractivity contribution in [3.05, 3.63) is 53.1 Å². The number of aromatic nitrogens is 2. The molecule has 8 nitrogen and oxygen atoms in total. The molecule has 2 aromatic carbocycles. The van der Waals surface area contributed by atoms with Gasteiger partial charge in [-0.15, -0.1) is 0 Å². The van der Waals surface area contributed by atoms with Gasteiger partial charge in [-0.05, 0) is 56.0 Å². The molecule has 8 heteroatoms. The summed E-state index contributed by atoms with van der Waals surface area (Å²) in [5.74, 6) is 1.53. The number of hydrogen-bond acceptors (Lipinski definition) is 8. The molecule has 1 N–H and O–H groups in total. The Morgan fingerprint density at radius 3 is 2.53 bits per heavy atom. The van der Waals surface area contributed by atoms with Crippen LogP contribution in [-0.4, -0.2) is 35.9 Å². The maximum atomic E-state index is 9.48. The van der Waals surface area contributed by atoms with Gasteiger partial charge in [0.1, 0.15) is 11.8 Å². The Bertz CT molecular complexity index is 1160. The van der Waals surface area contributed by atoms with Crippen LogP contribution in [0, 0.1) is 11.3 Å². The van der Waals surface area contributed by atoms with E-state index in [9.17, 15) is 5.26 Å². The molecule has 1 aromatic heterocycles. The van der Waals surface area contributed by atoms with Gasteiger partial charge >= 0.3 is 0 Å². The largest absolute Gasteiger partial charge is 0.490 e. The number of nitrogens with zero attached hydrogens (tertiary/aromatic N) is 3. The summed E-state index contributed by atoms with van der Waals surface area (Å²) in [5.41, 5.74) is 4.75. The number of nitrogens with one attached hydrogen (secondary N) is 1. The van der Waals surface area contributed by atoms with Gasteiger partial charge in [0.25, 0.3) is 12.4 Å². The average Bonchev–Trinajstić information content (AvgIpc) is 3.53. The molecule has 0 aliphatic heterocycles. The summed E-state index contributed by atoms with van der Waals surface area (Å²) < 4.78 is 15.1. The number of fused-ring (bicyclic) bond motifs is 1. The molecule has 0 saturated carbocycles. The van der Waals surface area contributed by atoms with Crippen molar-refractivity contribution in [1.82, 2.24) is 15.5 Å². The molecule has 0 radical (unpaired) electrons. The van der Waals surface area contributed by atoms with Crippen molar-refractivity contribution in [2.24, 2.45) is 0 Å². The predicted molar refractivity (Wildman–Crippen MR) is 139 cm³/mol. The van der Waals surface area contributed by atoms with Crippen LogP contribution in [0.1, 0.15) is 70.7 Å². The highest BCUT2D eigenvalue weighted by Gasteiger charge is 2.26. The molecular weight excluding hydrogens is 456 g/mol. The van der Waals surface area contributed by atoms with Crippen molar-refractivity contribution in [2.75, 3.05) is 7.11 Å². The van der Waals surface area contributed by atoms with Crippen LogP contribution >= 0.6 is 0 Å². The molecule has 1 heterocycles. The topological polar surface area (TPSA) is 110 Å². The lowest BCUT2D eigenvalue weighted by Gasteiger charge is -2.17. The maximum absolute atomic E-state index is 9.48. The number of carbonyl (C=O) groups excluding carboxylic acids is 1. The number of nitriles is 1. The summed E-state index contributed by atoms with van der Waals surface area (Å²) in [4.78, 5) is 13.6. The lowest BCUT2D eigenvalue weighted by molar-refractivity contribution is -0.126. The Morgan fingerprint density at radius 2 is 1.92 bits per heavy atom. The minimum absolute atomic E-state index is 0.00727. The molecule has 0 amide bonds. The highest BCUT2D eigenvalue weighted by molar-refractivity contribution is 5.67. The smallest absolute Gasteiger partial charge is 0.292 e. The first-order chi connectivity index (χ1) is 17.4. The fourth-order valence-electron chi connectivity index (χ4n) is 4.00. The second-order valence-electron chi connectivity index (χ2n) is 8.53. The number of rotatable bonds is 7. The molecule has 192 valence electrons. The number of hydrogen-bond donors (Lipinski definition) is 1. The number of methoxy groups -OCH3 is 1. The van der Waals surface area contributed by atoms with E-state index in [1.54, 1.807) is 12.1 Å².